The lowest BCUT2D eigenvalue weighted by Gasteiger charge is -2.31. The molecule has 0 saturated carbocycles. The minimum absolute atomic E-state index is 0.0876. The van der Waals surface area contributed by atoms with Crippen molar-refractivity contribution in [2.45, 2.75) is 64.3 Å². The number of hydrogen-bond acceptors (Lipinski definition) is 8. The summed E-state index contributed by atoms with van der Waals surface area (Å²) < 4.78 is 51.4. The Balaban J connectivity index is 1.31. The highest BCUT2D eigenvalue weighted by atomic mass is 19.1. The fraction of sp³-hybridized carbons (Fsp3) is 0.560. The first kappa shape index (κ1) is 25.9. The van der Waals surface area contributed by atoms with E-state index in [0.29, 0.717) is 38.4 Å². The minimum atomic E-state index is -0.692. The molecule has 2 aliphatic rings. The molecule has 1 unspecified atom stereocenters. The van der Waals surface area contributed by atoms with Gasteiger partial charge in [-0.15, -0.1) is 0 Å². The van der Waals surface area contributed by atoms with E-state index in [9.17, 15) is 13.6 Å². The number of ether oxygens (including phenoxy) is 4. The molecule has 0 spiro atoms. The standard InChI is InChI=1S/C25H32F2N4O5/c1-16(2)35-25(32)31-8-6-17(7-9-31)36-24-13-23(28-15-29-24)30-21-11-20(27)22(12-19(21)26)34-14-18-5-3-4-10-33-18/h11-13,15-18H,3-10,14H2,1-2H3,(H,28,29,30). The van der Waals surface area contributed by atoms with Crippen molar-refractivity contribution in [2.24, 2.45) is 0 Å². The summed E-state index contributed by atoms with van der Waals surface area (Å²) in [4.78, 5) is 21.9. The molecular formula is C25H32F2N4O5. The van der Waals surface area contributed by atoms with Crippen LogP contribution in [0.3, 0.4) is 0 Å². The molecule has 9 nitrogen and oxygen atoms in total. The zero-order valence-corrected chi connectivity index (χ0v) is 20.5. The minimum Gasteiger partial charge on any atom is -0.488 e. The van der Waals surface area contributed by atoms with Crippen LogP contribution in [-0.2, 0) is 9.47 Å². The molecule has 1 amide bonds. The summed E-state index contributed by atoms with van der Waals surface area (Å²) in [7, 11) is 0. The SMILES string of the molecule is CC(C)OC(=O)N1CCC(Oc2cc(Nc3cc(F)c(OCC4CCCCO4)cc3F)ncn2)CC1. The van der Waals surface area contributed by atoms with Gasteiger partial charge in [-0.1, -0.05) is 0 Å². The van der Waals surface area contributed by atoms with Crippen molar-refractivity contribution in [3.63, 3.8) is 0 Å². The van der Waals surface area contributed by atoms with Gasteiger partial charge in [0.2, 0.25) is 5.88 Å². The molecule has 2 aliphatic heterocycles. The van der Waals surface area contributed by atoms with Gasteiger partial charge in [-0.3, -0.25) is 0 Å². The van der Waals surface area contributed by atoms with Crippen LogP contribution < -0.4 is 14.8 Å². The lowest BCUT2D eigenvalue weighted by molar-refractivity contribution is -0.0118. The predicted molar refractivity (Wildman–Crippen MR) is 128 cm³/mol. The van der Waals surface area contributed by atoms with Gasteiger partial charge in [0.15, 0.2) is 17.4 Å². The van der Waals surface area contributed by atoms with E-state index >= 15 is 0 Å². The molecule has 0 aliphatic carbocycles. The van der Waals surface area contributed by atoms with Crippen molar-refractivity contribution in [3.05, 3.63) is 36.2 Å². The number of likely N-dealkylation sites (tertiary alicyclic amines) is 1. The Labute approximate surface area is 209 Å². The van der Waals surface area contributed by atoms with Gasteiger partial charge in [-0.05, 0) is 33.1 Å². The van der Waals surface area contributed by atoms with Crippen LogP contribution in [-0.4, -0.2) is 65.6 Å². The molecule has 2 fully saturated rings. The summed E-state index contributed by atoms with van der Waals surface area (Å²) >= 11 is 0. The van der Waals surface area contributed by atoms with Gasteiger partial charge < -0.3 is 29.2 Å². The number of carbonyl (C=O) groups is 1. The Morgan fingerprint density at radius 2 is 1.94 bits per heavy atom. The first-order chi connectivity index (χ1) is 17.4. The summed E-state index contributed by atoms with van der Waals surface area (Å²) in [6, 6.07) is 3.56. The van der Waals surface area contributed by atoms with Crippen molar-refractivity contribution in [1.82, 2.24) is 14.9 Å². The number of halogens is 2. The molecule has 1 aromatic carbocycles. The van der Waals surface area contributed by atoms with E-state index in [-0.39, 0.29) is 48.3 Å². The quantitative estimate of drug-likeness (QED) is 0.544. The van der Waals surface area contributed by atoms with Crippen LogP contribution in [0.5, 0.6) is 11.6 Å². The van der Waals surface area contributed by atoms with Crippen LogP contribution >= 0.6 is 0 Å². The topological polar surface area (TPSA) is 95.0 Å². The van der Waals surface area contributed by atoms with Crippen molar-refractivity contribution in [3.8, 4) is 11.6 Å². The second-order valence-electron chi connectivity index (χ2n) is 9.17. The summed E-state index contributed by atoms with van der Waals surface area (Å²) in [6.45, 7) is 5.48. The highest BCUT2D eigenvalue weighted by Crippen LogP contribution is 2.28. The van der Waals surface area contributed by atoms with Gasteiger partial charge in [-0.2, -0.15) is 0 Å². The summed E-state index contributed by atoms with van der Waals surface area (Å²) in [5.74, 6) is -0.993. The Morgan fingerprint density at radius 3 is 2.67 bits per heavy atom. The highest BCUT2D eigenvalue weighted by molar-refractivity contribution is 5.67. The Morgan fingerprint density at radius 1 is 1.14 bits per heavy atom. The zero-order chi connectivity index (χ0) is 25.5. The van der Waals surface area contributed by atoms with Gasteiger partial charge in [0.1, 0.15) is 24.9 Å². The molecule has 1 aromatic heterocycles. The predicted octanol–water partition coefficient (Wildman–Crippen LogP) is 4.83. The second-order valence-corrected chi connectivity index (χ2v) is 9.17. The van der Waals surface area contributed by atoms with Crippen LogP contribution in [0.1, 0.15) is 46.0 Å². The largest absolute Gasteiger partial charge is 0.488 e. The average Bonchev–Trinajstić information content (AvgIpc) is 2.86. The van der Waals surface area contributed by atoms with Gasteiger partial charge >= 0.3 is 6.09 Å². The molecule has 196 valence electrons. The zero-order valence-electron chi connectivity index (χ0n) is 20.5. The first-order valence-electron chi connectivity index (χ1n) is 12.3. The molecule has 36 heavy (non-hydrogen) atoms. The average molecular weight is 507 g/mol. The van der Waals surface area contributed by atoms with E-state index in [1.165, 1.54) is 12.4 Å². The maximum atomic E-state index is 14.7. The number of amides is 1. The monoisotopic (exact) mass is 506 g/mol. The molecule has 2 saturated heterocycles. The maximum absolute atomic E-state index is 14.7. The normalized spacial score (nSPS) is 18.7. The van der Waals surface area contributed by atoms with Gasteiger partial charge in [0, 0.05) is 50.7 Å². The number of anilines is 2. The molecule has 1 N–H and O–H groups in total. The van der Waals surface area contributed by atoms with E-state index in [1.807, 2.05) is 13.8 Å². The van der Waals surface area contributed by atoms with Crippen LogP contribution in [0.2, 0.25) is 0 Å². The number of nitrogens with one attached hydrogen (secondary N) is 1. The molecule has 0 radical (unpaired) electrons. The number of benzene rings is 1. The summed E-state index contributed by atoms with van der Waals surface area (Å²) in [6.07, 6.45) is 4.64. The lowest BCUT2D eigenvalue weighted by atomic mass is 10.1. The number of rotatable bonds is 8. The summed E-state index contributed by atoms with van der Waals surface area (Å²) in [5.41, 5.74) is -0.0876. The van der Waals surface area contributed by atoms with Crippen LogP contribution in [0, 0.1) is 11.6 Å². The van der Waals surface area contributed by atoms with E-state index in [1.54, 1.807) is 4.90 Å². The van der Waals surface area contributed by atoms with Gasteiger partial charge in [-0.25, -0.2) is 23.5 Å². The number of piperidine rings is 1. The number of hydrogen-bond donors (Lipinski definition) is 1. The van der Waals surface area contributed by atoms with Gasteiger partial charge in [0.25, 0.3) is 0 Å². The van der Waals surface area contributed by atoms with Crippen molar-refractivity contribution < 1.29 is 32.5 Å². The third-order valence-electron chi connectivity index (χ3n) is 5.95. The molecule has 11 heteroatoms. The molecule has 0 bridgehead atoms. The molecule has 2 aromatic rings. The molecular weight excluding hydrogens is 474 g/mol. The smallest absolute Gasteiger partial charge is 0.410 e. The molecule has 4 rings (SSSR count). The summed E-state index contributed by atoms with van der Waals surface area (Å²) in [5, 5.41) is 2.77. The van der Waals surface area contributed by atoms with Crippen LogP contribution in [0.15, 0.2) is 24.5 Å². The highest BCUT2D eigenvalue weighted by Gasteiger charge is 2.26. The van der Waals surface area contributed by atoms with Gasteiger partial charge in [0.05, 0.1) is 17.9 Å². The van der Waals surface area contributed by atoms with E-state index in [4.69, 9.17) is 18.9 Å². The van der Waals surface area contributed by atoms with Crippen LogP contribution in [0.4, 0.5) is 25.1 Å². The first-order valence-corrected chi connectivity index (χ1v) is 12.3. The third kappa shape index (κ3) is 7.16. The van der Waals surface area contributed by atoms with E-state index < -0.39 is 11.6 Å². The number of aromatic nitrogens is 2. The van der Waals surface area contributed by atoms with Crippen molar-refractivity contribution in [1.29, 1.82) is 0 Å². The molecule has 1 atom stereocenters. The van der Waals surface area contributed by atoms with E-state index in [0.717, 1.165) is 31.4 Å². The third-order valence-corrected chi connectivity index (χ3v) is 5.95. The van der Waals surface area contributed by atoms with Crippen LogP contribution in [0.25, 0.3) is 0 Å². The maximum Gasteiger partial charge on any atom is 0.410 e. The molecule has 3 heterocycles. The number of carbonyl (C=O) groups excluding carboxylic acids is 1. The fourth-order valence-electron chi connectivity index (χ4n) is 4.07. The Hall–Kier alpha value is -3.21. The van der Waals surface area contributed by atoms with E-state index in [2.05, 4.69) is 15.3 Å². The Bertz CT molecular complexity index is 1030. The fourth-order valence-corrected chi connectivity index (χ4v) is 4.07. The van der Waals surface area contributed by atoms with Crippen molar-refractivity contribution in [2.75, 3.05) is 31.6 Å². The Kier molecular flexibility index (Phi) is 8.74. The second kappa shape index (κ2) is 12.2. The lowest BCUT2D eigenvalue weighted by Crippen LogP contribution is -2.42. The van der Waals surface area contributed by atoms with Crippen molar-refractivity contribution >= 4 is 17.6 Å². The number of nitrogens with zero attached hydrogens (tertiary/aromatic N) is 3.